The number of hydrogen-bond donors (Lipinski definition) is 2. The standard InChI is InChI=1S/C16H14Cl2N2O5/c1-9(15(22)20-12-6-10(17)5-11(18)7-12)25-14(21)8-19-16(23)13-3-2-4-24-13/h2-7,9H,8H2,1H3,(H,19,23)(H,20,22)/t9-/m0/s1. The molecule has 0 bridgehead atoms. The largest absolute Gasteiger partial charge is 0.459 e. The summed E-state index contributed by atoms with van der Waals surface area (Å²) in [7, 11) is 0. The summed E-state index contributed by atoms with van der Waals surface area (Å²) in [6.45, 7) is 0.994. The predicted octanol–water partition coefficient (Wildman–Crippen LogP) is 2.89. The highest BCUT2D eigenvalue weighted by Crippen LogP contribution is 2.22. The lowest BCUT2D eigenvalue weighted by atomic mass is 10.3. The molecule has 1 heterocycles. The van der Waals surface area contributed by atoms with E-state index in [4.69, 9.17) is 32.4 Å². The summed E-state index contributed by atoms with van der Waals surface area (Å²) in [4.78, 5) is 35.3. The highest BCUT2D eigenvalue weighted by molar-refractivity contribution is 6.35. The molecule has 1 aromatic heterocycles. The van der Waals surface area contributed by atoms with Crippen molar-refractivity contribution in [3.05, 3.63) is 52.4 Å². The Labute approximate surface area is 153 Å². The lowest BCUT2D eigenvalue weighted by Gasteiger charge is -2.14. The van der Waals surface area contributed by atoms with E-state index in [1.807, 2.05) is 0 Å². The molecule has 2 aromatic rings. The van der Waals surface area contributed by atoms with Gasteiger partial charge in [-0.2, -0.15) is 0 Å². The minimum Gasteiger partial charge on any atom is -0.459 e. The molecule has 0 aliphatic carbocycles. The third kappa shape index (κ3) is 5.81. The van der Waals surface area contributed by atoms with Crippen molar-refractivity contribution in [1.29, 1.82) is 0 Å². The maximum absolute atomic E-state index is 12.0. The molecule has 132 valence electrons. The minimum absolute atomic E-state index is 0.0661. The number of esters is 1. The number of anilines is 1. The third-order valence-electron chi connectivity index (χ3n) is 2.95. The molecule has 2 rings (SSSR count). The molecule has 7 nitrogen and oxygen atoms in total. The molecule has 0 saturated heterocycles. The molecule has 25 heavy (non-hydrogen) atoms. The van der Waals surface area contributed by atoms with Crippen molar-refractivity contribution in [3.63, 3.8) is 0 Å². The maximum atomic E-state index is 12.0. The Kier molecular flexibility index (Phi) is 6.44. The molecular formula is C16H14Cl2N2O5. The zero-order valence-electron chi connectivity index (χ0n) is 13.0. The Morgan fingerprint density at radius 2 is 1.88 bits per heavy atom. The summed E-state index contributed by atoms with van der Waals surface area (Å²) in [5.41, 5.74) is 0.372. The normalized spacial score (nSPS) is 11.5. The second-order valence-electron chi connectivity index (χ2n) is 4.94. The van der Waals surface area contributed by atoms with Gasteiger partial charge in [0.05, 0.1) is 6.26 Å². The Balaban J connectivity index is 1.81. The van der Waals surface area contributed by atoms with Crippen LogP contribution in [0.2, 0.25) is 10.0 Å². The van der Waals surface area contributed by atoms with E-state index in [1.165, 1.54) is 37.5 Å². The average molecular weight is 385 g/mol. The third-order valence-corrected chi connectivity index (χ3v) is 3.38. The number of hydrogen-bond acceptors (Lipinski definition) is 5. The number of furan rings is 1. The molecule has 0 radical (unpaired) electrons. The monoisotopic (exact) mass is 384 g/mol. The van der Waals surface area contributed by atoms with Crippen LogP contribution in [0, 0.1) is 0 Å². The van der Waals surface area contributed by atoms with Crippen molar-refractivity contribution in [2.24, 2.45) is 0 Å². The number of nitrogens with one attached hydrogen (secondary N) is 2. The van der Waals surface area contributed by atoms with Crippen molar-refractivity contribution in [2.75, 3.05) is 11.9 Å². The summed E-state index contributed by atoms with van der Waals surface area (Å²) in [5.74, 6) is -1.83. The van der Waals surface area contributed by atoms with Gasteiger partial charge in [0.2, 0.25) is 0 Å². The number of benzene rings is 1. The molecule has 9 heteroatoms. The van der Waals surface area contributed by atoms with Gasteiger partial charge in [-0.1, -0.05) is 23.2 Å². The number of carbonyl (C=O) groups excluding carboxylic acids is 3. The van der Waals surface area contributed by atoms with Crippen LogP contribution in [0.1, 0.15) is 17.5 Å². The lowest BCUT2D eigenvalue weighted by Crippen LogP contribution is -2.35. The molecule has 0 unspecified atom stereocenters. The molecule has 1 aromatic carbocycles. The zero-order chi connectivity index (χ0) is 18.4. The number of ether oxygens (including phenoxy) is 1. The quantitative estimate of drug-likeness (QED) is 0.746. The van der Waals surface area contributed by atoms with E-state index < -0.39 is 30.4 Å². The Morgan fingerprint density at radius 1 is 1.20 bits per heavy atom. The van der Waals surface area contributed by atoms with Crippen LogP contribution in [0.3, 0.4) is 0 Å². The Bertz CT molecular complexity index is 757. The fourth-order valence-corrected chi connectivity index (χ4v) is 2.34. The van der Waals surface area contributed by atoms with Crippen LogP contribution in [-0.2, 0) is 14.3 Å². The van der Waals surface area contributed by atoms with Gasteiger partial charge in [-0.3, -0.25) is 14.4 Å². The Hall–Kier alpha value is -2.51. The van der Waals surface area contributed by atoms with Gasteiger partial charge in [0.1, 0.15) is 6.54 Å². The maximum Gasteiger partial charge on any atom is 0.326 e. The smallest absolute Gasteiger partial charge is 0.326 e. The van der Waals surface area contributed by atoms with Crippen molar-refractivity contribution >= 4 is 46.7 Å². The van der Waals surface area contributed by atoms with Crippen LogP contribution < -0.4 is 10.6 Å². The highest BCUT2D eigenvalue weighted by atomic mass is 35.5. The van der Waals surface area contributed by atoms with Crippen molar-refractivity contribution in [3.8, 4) is 0 Å². The van der Waals surface area contributed by atoms with Crippen molar-refractivity contribution in [2.45, 2.75) is 13.0 Å². The summed E-state index contributed by atoms with van der Waals surface area (Å²) in [6, 6.07) is 7.52. The molecule has 2 N–H and O–H groups in total. The molecule has 0 aliphatic rings. The highest BCUT2D eigenvalue weighted by Gasteiger charge is 2.19. The second-order valence-corrected chi connectivity index (χ2v) is 5.81. The average Bonchev–Trinajstić information content (AvgIpc) is 3.06. The van der Waals surface area contributed by atoms with Gasteiger partial charge >= 0.3 is 5.97 Å². The van der Waals surface area contributed by atoms with Gasteiger partial charge in [-0.25, -0.2) is 0 Å². The van der Waals surface area contributed by atoms with Gasteiger partial charge in [0.15, 0.2) is 11.9 Å². The lowest BCUT2D eigenvalue weighted by molar-refractivity contribution is -0.152. The number of amides is 2. The summed E-state index contributed by atoms with van der Waals surface area (Å²) >= 11 is 11.7. The van der Waals surface area contributed by atoms with Gasteiger partial charge in [0.25, 0.3) is 11.8 Å². The van der Waals surface area contributed by atoms with E-state index in [1.54, 1.807) is 6.07 Å². The minimum atomic E-state index is -1.08. The predicted molar refractivity (Wildman–Crippen MR) is 91.7 cm³/mol. The molecule has 0 fully saturated rings. The fraction of sp³-hybridized carbons (Fsp3) is 0.188. The van der Waals surface area contributed by atoms with Crippen LogP contribution in [0.15, 0.2) is 41.0 Å². The van der Waals surface area contributed by atoms with Crippen LogP contribution in [0.4, 0.5) is 5.69 Å². The molecule has 2 amide bonds. The molecule has 1 atom stereocenters. The van der Waals surface area contributed by atoms with Crippen molar-refractivity contribution in [1.82, 2.24) is 5.32 Å². The van der Waals surface area contributed by atoms with E-state index in [9.17, 15) is 14.4 Å². The van der Waals surface area contributed by atoms with E-state index in [0.29, 0.717) is 15.7 Å². The fourth-order valence-electron chi connectivity index (χ4n) is 1.81. The first-order chi connectivity index (χ1) is 11.8. The Morgan fingerprint density at radius 3 is 2.48 bits per heavy atom. The van der Waals surface area contributed by atoms with Crippen LogP contribution in [-0.4, -0.2) is 30.4 Å². The molecule has 0 saturated carbocycles. The van der Waals surface area contributed by atoms with E-state index in [0.717, 1.165) is 0 Å². The van der Waals surface area contributed by atoms with Crippen molar-refractivity contribution < 1.29 is 23.5 Å². The van der Waals surface area contributed by atoms with Gasteiger partial charge in [-0.05, 0) is 37.3 Å². The van der Waals surface area contributed by atoms with E-state index >= 15 is 0 Å². The van der Waals surface area contributed by atoms with Gasteiger partial charge in [-0.15, -0.1) is 0 Å². The van der Waals surface area contributed by atoms with Crippen LogP contribution in [0.5, 0.6) is 0 Å². The number of halogens is 2. The van der Waals surface area contributed by atoms with Crippen LogP contribution >= 0.6 is 23.2 Å². The SMILES string of the molecule is C[C@H](OC(=O)CNC(=O)c1ccco1)C(=O)Nc1cc(Cl)cc(Cl)c1. The van der Waals surface area contributed by atoms with E-state index in [2.05, 4.69) is 10.6 Å². The number of rotatable bonds is 6. The van der Waals surface area contributed by atoms with Gasteiger partial charge in [0, 0.05) is 15.7 Å². The van der Waals surface area contributed by atoms with E-state index in [-0.39, 0.29) is 5.76 Å². The summed E-state index contributed by atoms with van der Waals surface area (Å²) in [6.07, 6.45) is 0.257. The zero-order valence-corrected chi connectivity index (χ0v) is 14.6. The summed E-state index contributed by atoms with van der Waals surface area (Å²) in [5, 5.41) is 5.56. The molecular weight excluding hydrogens is 371 g/mol. The number of carbonyl (C=O) groups is 3. The second kappa shape index (κ2) is 8.55. The first-order valence-electron chi connectivity index (χ1n) is 7.13. The van der Waals surface area contributed by atoms with Gasteiger partial charge < -0.3 is 19.8 Å². The first-order valence-corrected chi connectivity index (χ1v) is 7.89. The summed E-state index contributed by atoms with van der Waals surface area (Å²) < 4.78 is 9.83. The molecule has 0 spiro atoms. The molecule has 0 aliphatic heterocycles. The first kappa shape index (κ1) is 18.8. The van der Waals surface area contributed by atoms with Crippen LogP contribution in [0.25, 0.3) is 0 Å². The topological polar surface area (TPSA) is 97.6 Å².